The van der Waals surface area contributed by atoms with Gasteiger partial charge in [-0.25, -0.2) is 9.97 Å². The molecule has 0 saturated heterocycles. The van der Waals surface area contributed by atoms with E-state index in [0.29, 0.717) is 0 Å². The third kappa shape index (κ3) is 4.10. The molecule has 2 aliphatic rings. The molecular formula is C52H29BN4O2. The van der Waals surface area contributed by atoms with E-state index in [1.165, 1.54) is 21.6 Å². The molecule has 14 rings (SSSR count). The molecule has 4 aromatic heterocycles. The molecule has 0 saturated carbocycles. The standard InChI is InChI=1S/C52H29BN4O2/c1-2-13-31-30(12-1)22-23-36-37-26-43-39(28-45(37)58-51(31)36)53-40-29-46-38(49-34-16-5-3-14-32(34)33-15-4-6-17-35(33)52(49)59-46)27-44(40)57(48-21-8-10-25-55-48)42-19-11-18-41(50(42)53)56(43)47-20-7-9-24-54-47/h1-29H. The van der Waals surface area contributed by atoms with Crippen LogP contribution in [0.2, 0.25) is 0 Å². The Bertz CT molecular complexity index is 3770. The summed E-state index contributed by atoms with van der Waals surface area (Å²) in [4.78, 5) is 14.6. The third-order valence-corrected chi connectivity index (χ3v) is 12.7. The van der Waals surface area contributed by atoms with Crippen LogP contribution in [0.1, 0.15) is 0 Å². The third-order valence-electron chi connectivity index (χ3n) is 12.7. The molecule has 0 spiro atoms. The number of pyridine rings is 2. The summed E-state index contributed by atoms with van der Waals surface area (Å²) in [7, 11) is 0. The molecule has 0 bridgehead atoms. The van der Waals surface area contributed by atoms with Gasteiger partial charge in [0.05, 0.1) is 0 Å². The van der Waals surface area contributed by atoms with Gasteiger partial charge >= 0.3 is 0 Å². The van der Waals surface area contributed by atoms with Gasteiger partial charge in [-0.05, 0) is 105 Å². The van der Waals surface area contributed by atoms with Gasteiger partial charge in [-0.15, -0.1) is 0 Å². The number of hydrogen-bond acceptors (Lipinski definition) is 6. The lowest BCUT2D eigenvalue weighted by molar-refractivity contribution is 0.673. The molecule has 0 aliphatic carbocycles. The highest BCUT2D eigenvalue weighted by Crippen LogP contribution is 2.48. The lowest BCUT2D eigenvalue weighted by atomic mass is 9.33. The van der Waals surface area contributed by atoms with Gasteiger partial charge in [0.2, 0.25) is 0 Å². The van der Waals surface area contributed by atoms with Gasteiger partial charge in [0, 0.05) is 67.5 Å². The summed E-state index contributed by atoms with van der Waals surface area (Å²) in [5.41, 5.74) is 11.3. The molecule has 0 fully saturated rings. The summed E-state index contributed by atoms with van der Waals surface area (Å²) in [6, 6.07) is 58.2. The van der Waals surface area contributed by atoms with E-state index in [4.69, 9.17) is 18.8 Å². The highest BCUT2D eigenvalue weighted by molar-refractivity contribution is 7.00. The van der Waals surface area contributed by atoms with Crippen LogP contribution < -0.4 is 26.2 Å². The van der Waals surface area contributed by atoms with Crippen molar-refractivity contribution >= 4 is 134 Å². The Hall–Kier alpha value is -7.90. The molecule has 59 heavy (non-hydrogen) atoms. The minimum absolute atomic E-state index is 0.161. The Labute approximate surface area is 337 Å². The van der Waals surface area contributed by atoms with E-state index >= 15 is 0 Å². The number of aromatic nitrogens is 2. The zero-order valence-electron chi connectivity index (χ0n) is 31.4. The van der Waals surface area contributed by atoms with Crippen LogP contribution in [0.5, 0.6) is 0 Å². The SMILES string of the molecule is c1ccc(N2c3cc4c(cc3B3c5cc6oc7c8ccccc8c8ccccc8c7c6cc5N(c5ccccn5)c5cccc2c53)oc2c3ccccc3ccc42)nc1. The van der Waals surface area contributed by atoms with Crippen molar-refractivity contribution in [1.29, 1.82) is 0 Å². The average Bonchev–Trinajstić information content (AvgIpc) is 3.87. The zero-order chi connectivity index (χ0) is 38.3. The first-order valence-corrected chi connectivity index (χ1v) is 20.0. The zero-order valence-corrected chi connectivity index (χ0v) is 31.4. The maximum Gasteiger partial charge on any atom is 0.252 e. The Kier molecular flexibility index (Phi) is 6.01. The van der Waals surface area contributed by atoms with Crippen LogP contribution in [0.3, 0.4) is 0 Å². The molecule has 6 nitrogen and oxygen atoms in total. The normalized spacial score (nSPS) is 13.3. The molecule has 2 aliphatic heterocycles. The molecule has 8 aromatic carbocycles. The molecule has 7 heteroatoms. The second-order valence-corrected chi connectivity index (χ2v) is 15.7. The van der Waals surface area contributed by atoms with Crippen molar-refractivity contribution in [2.75, 3.05) is 9.80 Å². The van der Waals surface area contributed by atoms with Crippen molar-refractivity contribution in [3.63, 3.8) is 0 Å². The molecule has 0 unspecified atom stereocenters. The lowest BCUT2D eigenvalue weighted by Crippen LogP contribution is -2.61. The van der Waals surface area contributed by atoms with Crippen molar-refractivity contribution in [2.45, 2.75) is 0 Å². The largest absolute Gasteiger partial charge is 0.455 e. The van der Waals surface area contributed by atoms with Crippen LogP contribution in [0, 0.1) is 0 Å². The van der Waals surface area contributed by atoms with Crippen molar-refractivity contribution in [1.82, 2.24) is 9.97 Å². The van der Waals surface area contributed by atoms with Crippen LogP contribution in [0.25, 0.3) is 76.2 Å². The Morgan fingerprint density at radius 1 is 0.390 bits per heavy atom. The van der Waals surface area contributed by atoms with Gasteiger partial charge in [-0.3, -0.25) is 9.80 Å². The molecule has 0 N–H and O–H groups in total. The van der Waals surface area contributed by atoms with E-state index in [9.17, 15) is 0 Å². The molecule has 0 amide bonds. The van der Waals surface area contributed by atoms with Crippen molar-refractivity contribution < 1.29 is 8.83 Å². The van der Waals surface area contributed by atoms with Gasteiger partial charge < -0.3 is 8.83 Å². The average molecular weight is 753 g/mol. The number of benzene rings is 8. The molecule has 6 heterocycles. The van der Waals surface area contributed by atoms with Crippen molar-refractivity contribution in [2.24, 2.45) is 0 Å². The summed E-state index contributed by atoms with van der Waals surface area (Å²) in [6.07, 6.45) is 3.75. The van der Waals surface area contributed by atoms with E-state index < -0.39 is 0 Å². The van der Waals surface area contributed by atoms with E-state index in [0.717, 1.165) is 105 Å². The predicted octanol–water partition coefficient (Wildman–Crippen LogP) is 11.8. The number of furan rings is 2. The number of hydrogen-bond donors (Lipinski definition) is 0. The maximum atomic E-state index is 7.07. The van der Waals surface area contributed by atoms with Crippen molar-refractivity contribution in [3.8, 4) is 0 Å². The first-order valence-electron chi connectivity index (χ1n) is 20.0. The molecule has 0 radical (unpaired) electrons. The summed E-state index contributed by atoms with van der Waals surface area (Å²) < 4.78 is 14.0. The second-order valence-electron chi connectivity index (χ2n) is 15.7. The fourth-order valence-corrected chi connectivity index (χ4v) is 10.3. The quantitative estimate of drug-likeness (QED) is 0.129. The highest BCUT2D eigenvalue weighted by Gasteiger charge is 2.44. The van der Waals surface area contributed by atoms with Gasteiger partial charge in [0.1, 0.15) is 34.0 Å². The smallest absolute Gasteiger partial charge is 0.252 e. The predicted molar refractivity (Wildman–Crippen MR) is 243 cm³/mol. The monoisotopic (exact) mass is 752 g/mol. The van der Waals surface area contributed by atoms with E-state index in [-0.39, 0.29) is 6.71 Å². The van der Waals surface area contributed by atoms with Crippen LogP contribution >= 0.6 is 0 Å². The number of rotatable bonds is 2. The number of nitrogens with zero attached hydrogens (tertiary/aromatic N) is 4. The maximum absolute atomic E-state index is 7.07. The first kappa shape index (κ1) is 31.2. The van der Waals surface area contributed by atoms with E-state index in [1.807, 2.05) is 24.5 Å². The van der Waals surface area contributed by atoms with Gasteiger partial charge in [0.15, 0.2) is 0 Å². The number of anilines is 6. The van der Waals surface area contributed by atoms with Crippen LogP contribution in [-0.2, 0) is 0 Å². The minimum atomic E-state index is -0.161. The Balaban J connectivity index is 1.13. The highest BCUT2D eigenvalue weighted by atomic mass is 16.3. The Morgan fingerprint density at radius 2 is 0.932 bits per heavy atom. The molecule has 0 atom stereocenters. The lowest BCUT2D eigenvalue weighted by Gasteiger charge is -2.43. The summed E-state index contributed by atoms with van der Waals surface area (Å²) in [6.45, 7) is -0.161. The summed E-state index contributed by atoms with van der Waals surface area (Å²) >= 11 is 0. The van der Waals surface area contributed by atoms with Crippen molar-refractivity contribution in [3.05, 3.63) is 176 Å². The first-order chi connectivity index (χ1) is 29.3. The van der Waals surface area contributed by atoms with Gasteiger partial charge in [0.25, 0.3) is 6.71 Å². The number of fused-ring (bicyclic) bond motifs is 17. The van der Waals surface area contributed by atoms with Crippen LogP contribution in [-0.4, -0.2) is 16.7 Å². The van der Waals surface area contributed by atoms with E-state index in [1.54, 1.807) is 0 Å². The van der Waals surface area contributed by atoms with Crippen LogP contribution in [0.4, 0.5) is 34.4 Å². The summed E-state index contributed by atoms with van der Waals surface area (Å²) in [5.74, 6) is 1.69. The fourth-order valence-electron chi connectivity index (χ4n) is 10.3. The second kappa shape index (κ2) is 11.4. The molecular weight excluding hydrogens is 723 g/mol. The Morgan fingerprint density at radius 3 is 1.61 bits per heavy atom. The van der Waals surface area contributed by atoms with Crippen LogP contribution in [0.15, 0.2) is 185 Å². The minimum Gasteiger partial charge on any atom is -0.455 e. The van der Waals surface area contributed by atoms with Gasteiger partial charge in [-0.2, -0.15) is 0 Å². The topological polar surface area (TPSA) is 58.5 Å². The molecule has 12 aromatic rings. The van der Waals surface area contributed by atoms with E-state index in [2.05, 4.69) is 161 Å². The summed E-state index contributed by atoms with van der Waals surface area (Å²) in [5, 5.41) is 11.3. The fraction of sp³-hybridized carbons (Fsp3) is 0. The molecule has 272 valence electrons. The van der Waals surface area contributed by atoms with Gasteiger partial charge in [-0.1, -0.05) is 97.1 Å².